The highest BCUT2D eigenvalue weighted by Crippen LogP contribution is 2.36. The summed E-state index contributed by atoms with van der Waals surface area (Å²) < 4.78 is 37.7. The quantitative estimate of drug-likeness (QED) is 0.731. The van der Waals surface area contributed by atoms with Crippen LogP contribution in [0.1, 0.15) is 24.8 Å². The molecule has 0 radical (unpaired) electrons. The molecule has 32 heavy (non-hydrogen) atoms. The Labute approximate surface area is 185 Å². The lowest BCUT2D eigenvalue weighted by molar-refractivity contribution is -0.198. The summed E-state index contributed by atoms with van der Waals surface area (Å²) in [4.78, 5) is 29.4. The molecule has 3 atom stereocenters. The topological polar surface area (TPSA) is 79.3 Å². The molecule has 1 aromatic rings. The van der Waals surface area contributed by atoms with Crippen molar-refractivity contribution in [1.82, 2.24) is 9.96 Å². The summed E-state index contributed by atoms with van der Waals surface area (Å²) in [7, 11) is 0. The maximum absolute atomic E-state index is 12.5. The van der Waals surface area contributed by atoms with Gasteiger partial charge in [0.2, 0.25) is 5.91 Å². The van der Waals surface area contributed by atoms with Gasteiger partial charge in [-0.1, -0.05) is 30.3 Å². The molecule has 0 spiro atoms. The summed E-state index contributed by atoms with van der Waals surface area (Å²) in [5, 5.41) is 8.71. The number of carbonyl (C=O) groups excluding carboxylic acids is 1. The summed E-state index contributed by atoms with van der Waals surface area (Å²) in [6, 6.07) is 10.6. The molecule has 0 unspecified atom stereocenters. The van der Waals surface area contributed by atoms with Crippen molar-refractivity contribution < 1.29 is 37.4 Å². The molecular weight excluding hydrogens is 429 g/mol. The average Bonchev–Trinajstić information content (AvgIpc) is 3.35. The normalized spacial score (nSPS) is 25.7. The minimum atomic E-state index is -5.08. The molecule has 1 N–H and O–H groups in total. The number of benzene rings is 1. The number of hydroxylamine groups is 2. The van der Waals surface area contributed by atoms with E-state index in [0.29, 0.717) is 31.0 Å². The summed E-state index contributed by atoms with van der Waals surface area (Å²) >= 11 is 0. The molecule has 3 aliphatic heterocycles. The fourth-order valence-corrected chi connectivity index (χ4v) is 4.32. The third-order valence-corrected chi connectivity index (χ3v) is 6.03. The second kappa shape index (κ2) is 11.1. The molecule has 0 saturated carbocycles. The number of hydrogen-bond donors (Lipinski definition) is 1. The van der Waals surface area contributed by atoms with E-state index in [1.54, 1.807) is 5.06 Å². The van der Waals surface area contributed by atoms with Crippen LogP contribution in [0.5, 0.6) is 0 Å². The van der Waals surface area contributed by atoms with Crippen LogP contribution in [0.15, 0.2) is 30.3 Å². The van der Waals surface area contributed by atoms with E-state index in [1.807, 2.05) is 0 Å². The van der Waals surface area contributed by atoms with Crippen molar-refractivity contribution in [1.29, 1.82) is 0 Å². The van der Waals surface area contributed by atoms with E-state index in [9.17, 15) is 18.0 Å². The Bertz CT molecular complexity index is 756. The van der Waals surface area contributed by atoms with Crippen LogP contribution in [0.3, 0.4) is 0 Å². The number of carboxylic acid groups (broad SMARTS) is 1. The number of aliphatic carboxylic acids is 1. The molecule has 3 aliphatic rings. The number of rotatable bonds is 5. The minimum absolute atomic E-state index is 0.136. The fraction of sp³-hybridized carbons (Fsp3) is 0.636. The number of ether oxygens (including phenoxy) is 1. The number of alkyl halides is 3. The van der Waals surface area contributed by atoms with Gasteiger partial charge in [-0.15, -0.1) is 0 Å². The molecule has 3 fully saturated rings. The number of amides is 1. The van der Waals surface area contributed by atoms with Crippen molar-refractivity contribution >= 4 is 11.9 Å². The Hall–Kier alpha value is -2.17. The molecule has 0 bridgehead atoms. The molecule has 1 aromatic carbocycles. The Morgan fingerprint density at radius 3 is 2.47 bits per heavy atom. The van der Waals surface area contributed by atoms with Gasteiger partial charge in [-0.25, -0.2) is 9.86 Å². The van der Waals surface area contributed by atoms with Crippen LogP contribution in [0.25, 0.3) is 0 Å². The number of nitrogens with zero attached hydrogens (tertiary/aromatic N) is 2. The summed E-state index contributed by atoms with van der Waals surface area (Å²) in [6.07, 6.45) is -1.04. The Morgan fingerprint density at radius 2 is 1.84 bits per heavy atom. The number of fused-ring (bicyclic) bond motifs is 1. The van der Waals surface area contributed by atoms with Crippen molar-refractivity contribution in [2.24, 2.45) is 11.8 Å². The smallest absolute Gasteiger partial charge is 0.475 e. The van der Waals surface area contributed by atoms with Crippen molar-refractivity contribution in [3.8, 4) is 0 Å². The molecule has 0 aliphatic carbocycles. The van der Waals surface area contributed by atoms with Crippen LogP contribution in [0.4, 0.5) is 13.2 Å². The summed E-state index contributed by atoms with van der Waals surface area (Å²) in [6.45, 7) is 5.26. The predicted octanol–water partition coefficient (Wildman–Crippen LogP) is 2.75. The van der Waals surface area contributed by atoms with Crippen LogP contribution in [0.2, 0.25) is 0 Å². The maximum Gasteiger partial charge on any atom is 0.490 e. The van der Waals surface area contributed by atoms with Gasteiger partial charge in [-0.3, -0.25) is 9.63 Å². The van der Waals surface area contributed by atoms with Gasteiger partial charge >= 0.3 is 12.1 Å². The van der Waals surface area contributed by atoms with Gasteiger partial charge in [-0.2, -0.15) is 13.2 Å². The fourth-order valence-electron chi connectivity index (χ4n) is 4.32. The first-order chi connectivity index (χ1) is 15.2. The van der Waals surface area contributed by atoms with Gasteiger partial charge in [0.05, 0.1) is 19.3 Å². The first-order valence-corrected chi connectivity index (χ1v) is 10.9. The third kappa shape index (κ3) is 6.91. The molecule has 1 amide bonds. The van der Waals surface area contributed by atoms with E-state index in [-0.39, 0.29) is 5.91 Å². The molecule has 10 heteroatoms. The lowest BCUT2D eigenvalue weighted by Gasteiger charge is -2.27. The predicted molar refractivity (Wildman–Crippen MR) is 109 cm³/mol. The highest BCUT2D eigenvalue weighted by Gasteiger charge is 2.44. The number of carboxylic acids is 1. The van der Waals surface area contributed by atoms with Gasteiger partial charge in [0.25, 0.3) is 0 Å². The SMILES string of the molecule is O=C(C[C@H]1CO[C@@H]2CN(CCc3ccccc3)C[C@H]12)N1CCCCO1.O=C(O)C(F)(F)F. The van der Waals surface area contributed by atoms with E-state index < -0.39 is 12.1 Å². The van der Waals surface area contributed by atoms with Gasteiger partial charge in [0, 0.05) is 38.5 Å². The van der Waals surface area contributed by atoms with E-state index in [2.05, 4.69) is 35.2 Å². The Morgan fingerprint density at radius 1 is 1.12 bits per heavy atom. The molecule has 3 heterocycles. The van der Waals surface area contributed by atoms with E-state index in [1.165, 1.54) is 5.56 Å². The van der Waals surface area contributed by atoms with Gasteiger partial charge in [0.15, 0.2) is 0 Å². The second-order valence-electron chi connectivity index (χ2n) is 8.33. The number of carbonyl (C=O) groups is 2. The van der Waals surface area contributed by atoms with Crippen LogP contribution < -0.4 is 0 Å². The Balaban J connectivity index is 0.000000360. The average molecular weight is 458 g/mol. The second-order valence-corrected chi connectivity index (χ2v) is 8.33. The third-order valence-electron chi connectivity index (χ3n) is 6.03. The highest BCUT2D eigenvalue weighted by atomic mass is 19.4. The van der Waals surface area contributed by atoms with E-state index >= 15 is 0 Å². The van der Waals surface area contributed by atoms with Gasteiger partial charge in [0.1, 0.15) is 0 Å². The van der Waals surface area contributed by atoms with Crippen molar-refractivity contribution in [3.63, 3.8) is 0 Å². The first kappa shape index (κ1) is 24.5. The standard InChI is InChI=1S/C20H28N2O3.C2HF3O2/c23-20(22-9-4-5-11-25-22)12-17-15-24-19-14-21(13-18(17)19)10-8-16-6-2-1-3-7-16;3-2(4,5)1(6)7/h1-3,6-7,17-19H,4-5,8-15H2;(H,6,7)/t17-,18+,19+;/m0./s1. The zero-order valence-corrected chi connectivity index (χ0v) is 17.8. The molecule has 0 aromatic heterocycles. The maximum atomic E-state index is 12.5. The zero-order valence-electron chi connectivity index (χ0n) is 17.8. The molecule has 7 nitrogen and oxygen atoms in total. The zero-order chi connectivity index (χ0) is 23.1. The lowest BCUT2D eigenvalue weighted by atomic mass is 9.90. The molecule has 4 rings (SSSR count). The molecule has 3 saturated heterocycles. The van der Waals surface area contributed by atoms with Gasteiger partial charge < -0.3 is 14.7 Å². The van der Waals surface area contributed by atoms with E-state index in [4.69, 9.17) is 19.5 Å². The van der Waals surface area contributed by atoms with Crippen LogP contribution in [-0.2, 0) is 25.6 Å². The number of hydrogen-bond acceptors (Lipinski definition) is 5. The largest absolute Gasteiger partial charge is 0.490 e. The van der Waals surface area contributed by atoms with E-state index in [0.717, 1.165) is 52.0 Å². The first-order valence-electron chi connectivity index (χ1n) is 10.9. The summed E-state index contributed by atoms with van der Waals surface area (Å²) in [5.41, 5.74) is 1.38. The van der Waals surface area contributed by atoms with Crippen LogP contribution in [-0.4, -0.2) is 78.6 Å². The lowest BCUT2D eigenvalue weighted by Crippen LogP contribution is -2.37. The van der Waals surface area contributed by atoms with Crippen LogP contribution in [0, 0.1) is 11.8 Å². The minimum Gasteiger partial charge on any atom is -0.475 e. The monoisotopic (exact) mass is 458 g/mol. The van der Waals surface area contributed by atoms with Crippen molar-refractivity contribution in [3.05, 3.63) is 35.9 Å². The van der Waals surface area contributed by atoms with Crippen molar-refractivity contribution in [2.45, 2.75) is 38.0 Å². The number of likely N-dealkylation sites (tertiary alicyclic amines) is 1. The van der Waals surface area contributed by atoms with Crippen LogP contribution >= 0.6 is 0 Å². The highest BCUT2D eigenvalue weighted by molar-refractivity contribution is 5.75. The number of halogens is 3. The van der Waals surface area contributed by atoms with Crippen molar-refractivity contribution in [2.75, 3.05) is 39.4 Å². The summed E-state index contributed by atoms with van der Waals surface area (Å²) in [5.74, 6) is -1.79. The molecular formula is C22H29F3N2O5. The Kier molecular flexibility index (Phi) is 8.50. The van der Waals surface area contributed by atoms with Gasteiger partial charge in [-0.05, 0) is 30.7 Å². The molecule has 178 valence electrons.